The van der Waals surface area contributed by atoms with Gasteiger partial charge in [-0.2, -0.15) is 0 Å². The number of carboxylic acid groups (broad SMARTS) is 1. The van der Waals surface area contributed by atoms with Gasteiger partial charge in [0.05, 0.1) is 26.2 Å². The normalized spacial score (nSPS) is 16.7. The molecule has 1 heterocycles. The molecular weight excluding hydrogens is 342 g/mol. The minimum absolute atomic E-state index is 0.00889. The summed E-state index contributed by atoms with van der Waals surface area (Å²) in [5.41, 5.74) is 3.41. The number of benzene rings is 2. The number of carboxylic acids is 1. The molecule has 1 fully saturated rings. The van der Waals surface area contributed by atoms with Crippen LogP contribution in [0.25, 0.3) is 0 Å². The zero-order valence-electron chi connectivity index (χ0n) is 16.1. The monoisotopic (exact) mass is 369 g/mol. The lowest BCUT2D eigenvalue weighted by Gasteiger charge is -2.37. The molecule has 0 amide bonds. The Hall–Kier alpha value is -2.53. The Morgan fingerprint density at radius 1 is 1.07 bits per heavy atom. The molecule has 5 heteroatoms. The average Bonchev–Trinajstić information content (AvgIpc) is 2.69. The van der Waals surface area contributed by atoms with Crippen molar-refractivity contribution in [2.24, 2.45) is 5.92 Å². The Bertz CT molecular complexity index is 779. The minimum atomic E-state index is -0.694. The van der Waals surface area contributed by atoms with E-state index in [4.69, 9.17) is 9.47 Å². The lowest BCUT2D eigenvalue weighted by atomic mass is 9.90. The predicted octanol–water partition coefficient (Wildman–Crippen LogP) is 3.90. The van der Waals surface area contributed by atoms with Crippen molar-refractivity contribution in [3.8, 4) is 11.5 Å². The zero-order valence-corrected chi connectivity index (χ0v) is 16.1. The Balaban J connectivity index is 2.02. The van der Waals surface area contributed by atoms with Gasteiger partial charge in [0.1, 0.15) is 0 Å². The molecule has 0 radical (unpaired) electrons. The first kappa shape index (κ1) is 19.2. The highest BCUT2D eigenvalue weighted by atomic mass is 16.5. The molecule has 0 saturated carbocycles. The van der Waals surface area contributed by atoms with Crippen LogP contribution in [0.3, 0.4) is 0 Å². The van der Waals surface area contributed by atoms with Gasteiger partial charge in [-0.15, -0.1) is 0 Å². The standard InChI is InChI=1S/C22H27NO4/c1-15-7-9-16(10-8-15)20(23-13-11-17(12-14-23)22(24)25)18-5-4-6-19(26-2)21(18)27-3/h4-10,17,20H,11-14H2,1-3H3,(H,24,25). The number of rotatable bonds is 6. The third-order valence-electron chi connectivity index (χ3n) is 5.37. The van der Waals surface area contributed by atoms with Gasteiger partial charge in [0.15, 0.2) is 11.5 Å². The molecular formula is C22H27NO4. The summed E-state index contributed by atoms with van der Waals surface area (Å²) in [5.74, 6) is 0.478. The molecule has 27 heavy (non-hydrogen) atoms. The molecule has 2 aromatic rings. The van der Waals surface area contributed by atoms with Crippen molar-refractivity contribution in [2.45, 2.75) is 25.8 Å². The van der Waals surface area contributed by atoms with Crippen LogP contribution in [-0.4, -0.2) is 43.3 Å². The van der Waals surface area contributed by atoms with Gasteiger partial charge in [0.25, 0.3) is 0 Å². The molecule has 5 nitrogen and oxygen atoms in total. The number of para-hydroxylation sites is 1. The smallest absolute Gasteiger partial charge is 0.306 e. The van der Waals surface area contributed by atoms with Crippen molar-refractivity contribution in [1.29, 1.82) is 0 Å². The quantitative estimate of drug-likeness (QED) is 0.837. The van der Waals surface area contributed by atoms with Crippen molar-refractivity contribution in [3.63, 3.8) is 0 Å². The van der Waals surface area contributed by atoms with E-state index in [-0.39, 0.29) is 12.0 Å². The van der Waals surface area contributed by atoms with Gasteiger partial charge >= 0.3 is 5.97 Å². The number of hydrogen-bond acceptors (Lipinski definition) is 4. The first-order valence-electron chi connectivity index (χ1n) is 9.29. The topological polar surface area (TPSA) is 59.0 Å². The van der Waals surface area contributed by atoms with Crippen molar-refractivity contribution in [2.75, 3.05) is 27.3 Å². The van der Waals surface area contributed by atoms with Gasteiger partial charge < -0.3 is 14.6 Å². The SMILES string of the molecule is COc1cccc(C(c2ccc(C)cc2)N2CCC(C(=O)O)CC2)c1OC. The summed E-state index contributed by atoms with van der Waals surface area (Å²) in [6.07, 6.45) is 1.31. The summed E-state index contributed by atoms with van der Waals surface area (Å²) in [4.78, 5) is 13.7. The van der Waals surface area contributed by atoms with E-state index >= 15 is 0 Å². The first-order valence-corrected chi connectivity index (χ1v) is 9.29. The second-order valence-electron chi connectivity index (χ2n) is 7.04. The second kappa shape index (κ2) is 8.44. The van der Waals surface area contributed by atoms with E-state index in [1.54, 1.807) is 14.2 Å². The Morgan fingerprint density at radius 3 is 2.30 bits per heavy atom. The van der Waals surface area contributed by atoms with Crippen molar-refractivity contribution in [1.82, 2.24) is 4.90 Å². The second-order valence-corrected chi connectivity index (χ2v) is 7.04. The largest absolute Gasteiger partial charge is 0.493 e. The molecule has 0 aliphatic carbocycles. The van der Waals surface area contributed by atoms with E-state index in [0.29, 0.717) is 18.6 Å². The van der Waals surface area contributed by atoms with Crippen LogP contribution >= 0.6 is 0 Å². The highest BCUT2D eigenvalue weighted by Gasteiger charge is 2.32. The minimum Gasteiger partial charge on any atom is -0.493 e. The maximum atomic E-state index is 11.3. The van der Waals surface area contributed by atoms with E-state index in [1.807, 2.05) is 12.1 Å². The molecule has 3 rings (SSSR count). The fraction of sp³-hybridized carbons (Fsp3) is 0.409. The maximum absolute atomic E-state index is 11.3. The van der Waals surface area contributed by atoms with Crippen LogP contribution in [0.4, 0.5) is 0 Å². The fourth-order valence-corrected chi connectivity index (χ4v) is 3.87. The predicted molar refractivity (Wildman–Crippen MR) is 105 cm³/mol. The molecule has 1 aliphatic rings. The van der Waals surface area contributed by atoms with E-state index in [0.717, 1.165) is 24.4 Å². The molecule has 0 bridgehead atoms. The summed E-state index contributed by atoms with van der Waals surface area (Å²) >= 11 is 0. The zero-order chi connectivity index (χ0) is 19.4. The van der Waals surface area contributed by atoms with Crippen LogP contribution in [-0.2, 0) is 4.79 Å². The maximum Gasteiger partial charge on any atom is 0.306 e. The highest BCUT2D eigenvalue weighted by molar-refractivity contribution is 5.70. The molecule has 0 aromatic heterocycles. The van der Waals surface area contributed by atoms with Crippen LogP contribution in [0.2, 0.25) is 0 Å². The summed E-state index contributed by atoms with van der Waals surface area (Å²) in [6, 6.07) is 14.4. The molecule has 1 aliphatic heterocycles. The third-order valence-corrected chi connectivity index (χ3v) is 5.37. The molecule has 1 unspecified atom stereocenters. The number of piperidine rings is 1. The van der Waals surface area contributed by atoms with Crippen LogP contribution < -0.4 is 9.47 Å². The third kappa shape index (κ3) is 4.08. The number of ether oxygens (including phenoxy) is 2. The number of aliphatic carboxylic acids is 1. The Kier molecular flexibility index (Phi) is 6.01. The van der Waals surface area contributed by atoms with E-state index in [1.165, 1.54) is 11.1 Å². The lowest BCUT2D eigenvalue weighted by Crippen LogP contribution is -2.39. The first-order chi connectivity index (χ1) is 13.0. The number of likely N-dealkylation sites (tertiary alicyclic amines) is 1. The van der Waals surface area contributed by atoms with Crippen molar-refractivity contribution in [3.05, 3.63) is 59.2 Å². The van der Waals surface area contributed by atoms with Crippen molar-refractivity contribution >= 4 is 5.97 Å². The van der Waals surface area contributed by atoms with Gasteiger partial charge in [-0.05, 0) is 44.5 Å². The van der Waals surface area contributed by atoms with Gasteiger partial charge in [-0.25, -0.2) is 0 Å². The summed E-state index contributed by atoms with van der Waals surface area (Å²) in [5, 5.41) is 9.32. The highest BCUT2D eigenvalue weighted by Crippen LogP contribution is 2.41. The van der Waals surface area contributed by atoms with Crippen molar-refractivity contribution < 1.29 is 19.4 Å². The number of carbonyl (C=O) groups is 1. The van der Waals surface area contributed by atoms with Gasteiger partial charge in [-0.1, -0.05) is 42.0 Å². The lowest BCUT2D eigenvalue weighted by molar-refractivity contribution is -0.143. The summed E-state index contributed by atoms with van der Waals surface area (Å²) in [7, 11) is 3.30. The Labute approximate surface area is 160 Å². The molecule has 1 saturated heterocycles. The number of aryl methyl sites for hydroxylation is 1. The molecule has 0 spiro atoms. The van der Waals surface area contributed by atoms with Gasteiger partial charge in [-0.3, -0.25) is 9.69 Å². The van der Waals surface area contributed by atoms with Gasteiger partial charge in [0.2, 0.25) is 0 Å². The summed E-state index contributed by atoms with van der Waals surface area (Å²) in [6.45, 7) is 3.54. The average molecular weight is 369 g/mol. The molecule has 1 N–H and O–H groups in total. The van der Waals surface area contributed by atoms with Gasteiger partial charge in [0, 0.05) is 5.56 Å². The van der Waals surface area contributed by atoms with Crippen LogP contribution in [0.5, 0.6) is 11.5 Å². The van der Waals surface area contributed by atoms with Crippen LogP contribution in [0.15, 0.2) is 42.5 Å². The Morgan fingerprint density at radius 2 is 1.74 bits per heavy atom. The van der Waals surface area contributed by atoms with E-state index < -0.39 is 5.97 Å². The molecule has 2 aromatic carbocycles. The molecule has 144 valence electrons. The fourth-order valence-electron chi connectivity index (χ4n) is 3.87. The van der Waals surface area contributed by atoms with E-state index in [2.05, 4.69) is 42.2 Å². The molecule has 1 atom stereocenters. The van der Waals surface area contributed by atoms with Crippen LogP contribution in [0.1, 0.15) is 35.6 Å². The number of methoxy groups -OCH3 is 2. The van der Waals surface area contributed by atoms with E-state index in [9.17, 15) is 9.90 Å². The number of nitrogens with zero attached hydrogens (tertiary/aromatic N) is 1. The van der Waals surface area contributed by atoms with Crippen LogP contribution in [0, 0.1) is 12.8 Å². The summed E-state index contributed by atoms with van der Waals surface area (Å²) < 4.78 is 11.2. The number of hydrogen-bond donors (Lipinski definition) is 1.